The summed E-state index contributed by atoms with van der Waals surface area (Å²) in [5, 5.41) is 2.53. The molecule has 10 heteroatoms. The van der Waals surface area contributed by atoms with Gasteiger partial charge in [-0.05, 0) is 32.0 Å². The summed E-state index contributed by atoms with van der Waals surface area (Å²) >= 11 is 0. The zero-order valence-corrected chi connectivity index (χ0v) is 18.7. The van der Waals surface area contributed by atoms with Crippen molar-refractivity contribution in [1.82, 2.24) is 4.90 Å². The van der Waals surface area contributed by atoms with E-state index in [0.29, 0.717) is 17.1 Å². The van der Waals surface area contributed by atoms with Gasteiger partial charge in [-0.25, -0.2) is 8.78 Å². The number of nitrogens with one attached hydrogen (secondary N) is 1. The maximum Gasteiger partial charge on any atom is 0.312 e. The third-order valence-corrected chi connectivity index (χ3v) is 6.95. The highest BCUT2D eigenvalue weighted by Crippen LogP contribution is 2.57. The maximum atomic E-state index is 14.1. The van der Waals surface area contributed by atoms with Crippen LogP contribution in [0, 0.1) is 23.5 Å². The predicted molar refractivity (Wildman–Crippen MR) is 114 cm³/mol. The topological polar surface area (TPSA) is 94.2 Å². The summed E-state index contributed by atoms with van der Waals surface area (Å²) in [7, 11) is 1.50. The number of carbonyl (C=O) groups is 3. The highest BCUT2D eigenvalue weighted by molar-refractivity contribution is 6.13. The second-order valence-corrected chi connectivity index (χ2v) is 8.64. The molecule has 0 saturated carbocycles. The number of methoxy groups -OCH3 is 1. The third-order valence-electron chi connectivity index (χ3n) is 6.95. The van der Waals surface area contributed by atoms with Crippen LogP contribution < -0.4 is 14.8 Å². The van der Waals surface area contributed by atoms with Crippen molar-refractivity contribution in [3.8, 4) is 11.5 Å². The predicted octanol–water partition coefficient (Wildman–Crippen LogP) is 3.07. The van der Waals surface area contributed by atoms with Crippen LogP contribution in [-0.2, 0) is 14.3 Å². The van der Waals surface area contributed by atoms with Crippen molar-refractivity contribution < 1.29 is 37.4 Å². The van der Waals surface area contributed by atoms with Gasteiger partial charge in [0.05, 0.1) is 43.5 Å². The number of rotatable bonds is 3. The van der Waals surface area contributed by atoms with Gasteiger partial charge in [-0.2, -0.15) is 0 Å². The van der Waals surface area contributed by atoms with E-state index in [4.69, 9.17) is 14.2 Å². The molecule has 1 saturated heterocycles. The van der Waals surface area contributed by atoms with Crippen LogP contribution in [0.25, 0.3) is 0 Å². The Labute approximate surface area is 193 Å². The molecule has 3 aliphatic heterocycles. The lowest BCUT2D eigenvalue weighted by Gasteiger charge is -2.38. The lowest BCUT2D eigenvalue weighted by molar-refractivity contribution is -0.155. The van der Waals surface area contributed by atoms with Crippen molar-refractivity contribution in [2.24, 2.45) is 11.8 Å². The first kappa shape index (κ1) is 22.1. The molecule has 1 N–H and O–H groups in total. The molecule has 3 heterocycles. The molecule has 0 aliphatic carbocycles. The minimum Gasteiger partial charge on any atom is -0.497 e. The van der Waals surface area contributed by atoms with Crippen LogP contribution in [-0.4, -0.2) is 48.5 Å². The summed E-state index contributed by atoms with van der Waals surface area (Å²) in [4.78, 5) is 42.0. The third kappa shape index (κ3) is 2.90. The molecule has 3 aliphatic rings. The van der Waals surface area contributed by atoms with Gasteiger partial charge in [0.2, 0.25) is 0 Å². The Morgan fingerprint density at radius 1 is 1.24 bits per heavy atom. The van der Waals surface area contributed by atoms with E-state index in [1.54, 1.807) is 25.1 Å². The van der Waals surface area contributed by atoms with Crippen LogP contribution in [0.4, 0.5) is 14.5 Å². The molecule has 2 aromatic rings. The van der Waals surface area contributed by atoms with E-state index >= 15 is 0 Å². The number of halogens is 2. The van der Waals surface area contributed by atoms with Crippen molar-refractivity contribution in [3.05, 3.63) is 53.1 Å². The fourth-order valence-corrected chi connectivity index (χ4v) is 5.41. The van der Waals surface area contributed by atoms with Gasteiger partial charge in [0.25, 0.3) is 11.8 Å². The number of esters is 1. The number of nitrogens with zero attached hydrogens (tertiary/aromatic N) is 1. The number of hydrogen-bond donors (Lipinski definition) is 1. The molecule has 3 unspecified atom stereocenters. The van der Waals surface area contributed by atoms with E-state index in [0.717, 1.165) is 12.1 Å². The maximum absolute atomic E-state index is 14.1. The molecule has 178 valence electrons. The first-order chi connectivity index (χ1) is 16.2. The summed E-state index contributed by atoms with van der Waals surface area (Å²) in [5.74, 6) is -5.23. The van der Waals surface area contributed by atoms with Gasteiger partial charge in [-0.15, -0.1) is 0 Å². The molecule has 2 amide bonds. The van der Waals surface area contributed by atoms with Crippen molar-refractivity contribution in [2.75, 3.05) is 25.6 Å². The van der Waals surface area contributed by atoms with Gasteiger partial charge in [0, 0.05) is 23.6 Å². The fraction of sp³-hybridized carbons (Fsp3) is 0.375. The van der Waals surface area contributed by atoms with Crippen molar-refractivity contribution in [3.63, 3.8) is 0 Å². The number of carbonyl (C=O) groups excluding carboxylic acids is 3. The molecule has 0 spiro atoms. The molecule has 0 bridgehead atoms. The molecule has 0 radical (unpaired) electrons. The standard InChI is InChI=1S/C24H22F2N2O6/c1-4-33-22(30)19-14-10-34-18-7-11(32-3)5-6-12(18)20(14)28-21(29)13-8-15(25)16(26)9-17(13)27-23(31)24(19,28)2/h5-9,14,19-20H,4,10H2,1-3H3,(H,27,31)/t14?,19?,20?,24-/m1/s1. The Morgan fingerprint density at radius 3 is 2.68 bits per heavy atom. The van der Waals surface area contributed by atoms with E-state index in [2.05, 4.69) is 5.32 Å². The second kappa shape index (κ2) is 7.68. The first-order valence-electron chi connectivity index (χ1n) is 10.8. The molecule has 2 aromatic carbocycles. The zero-order valence-electron chi connectivity index (χ0n) is 18.7. The van der Waals surface area contributed by atoms with Crippen LogP contribution in [0.2, 0.25) is 0 Å². The summed E-state index contributed by atoms with van der Waals surface area (Å²) in [6, 6.07) is 5.83. The van der Waals surface area contributed by atoms with Gasteiger partial charge < -0.3 is 24.4 Å². The Kier molecular flexibility index (Phi) is 5.00. The highest BCUT2D eigenvalue weighted by atomic mass is 19.2. The van der Waals surface area contributed by atoms with E-state index < -0.39 is 52.8 Å². The van der Waals surface area contributed by atoms with Gasteiger partial charge in [-0.1, -0.05) is 0 Å². The van der Waals surface area contributed by atoms with Gasteiger partial charge in [0.1, 0.15) is 17.0 Å². The summed E-state index contributed by atoms with van der Waals surface area (Å²) in [6.45, 7) is 3.22. The SMILES string of the molecule is CCOC(=O)C1C2COc3cc(OC)ccc3C2N2C(=O)c3cc(F)c(F)cc3NC(=O)[C@@]12C. The van der Waals surface area contributed by atoms with Crippen LogP contribution in [0.15, 0.2) is 30.3 Å². The lowest BCUT2D eigenvalue weighted by Crippen LogP contribution is -2.57. The monoisotopic (exact) mass is 472 g/mol. The van der Waals surface area contributed by atoms with E-state index in [1.165, 1.54) is 18.9 Å². The van der Waals surface area contributed by atoms with Gasteiger partial charge >= 0.3 is 5.97 Å². The number of ether oxygens (including phenoxy) is 3. The molecular formula is C24H22F2N2O6. The summed E-state index contributed by atoms with van der Waals surface area (Å²) in [5.41, 5.74) is -1.51. The molecular weight excluding hydrogens is 450 g/mol. The van der Waals surface area contributed by atoms with E-state index in [1.807, 2.05) is 0 Å². The van der Waals surface area contributed by atoms with Gasteiger partial charge in [-0.3, -0.25) is 14.4 Å². The van der Waals surface area contributed by atoms with Crippen LogP contribution in [0.1, 0.15) is 35.8 Å². The number of benzene rings is 2. The summed E-state index contributed by atoms with van der Waals surface area (Å²) < 4.78 is 44.6. The number of fused-ring (bicyclic) bond motifs is 6. The van der Waals surface area contributed by atoms with Gasteiger partial charge in [0.15, 0.2) is 11.6 Å². The molecule has 4 atom stereocenters. The average Bonchev–Trinajstić information content (AvgIpc) is 3.06. The quantitative estimate of drug-likeness (QED) is 0.691. The van der Waals surface area contributed by atoms with Crippen molar-refractivity contribution in [2.45, 2.75) is 25.4 Å². The molecule has 1 fully saturated rings. The highest BCUT2D eigenvalue weighted by Gasteiger charge is 2.67. The zero-order chi connectivity index (χ0) is 24.4. The Balaban J connectivity index is 1.75. The minimum absolute atomic E-state index is 0.0333. The van der Waals surface area contributed by atoms with E-state index in [9.17, 15) is 23.2 Å². The fourth-order valence-electron chi connectivity index (χ4n) is 5.41. The van der Waals surface area contributed by atoms with Crippen LogP contribution in [0.5, 0.6) is 11.5 Å². The number of anilines is 1. The van der Waals surface area contributed by atoms with E-state index in [-0.39, 0.29) is 24.5 Å². The Morgan fingerprint density at radius 2 is 1.97 bits per heavy atom. The van der Waals surface area contributed by atoms with Crippen molar-refractivity contribution >= 4 is 23.5 Å². The smallest absolute Gasteiger partial charge is 0.312 e. The molecule has 0 aromatic heterocycles. The average molecular weight is 472 g/mol. The lowest BCUT2D eigenvalue weighted by atomic mass is 9.77. The first-order valence-corrected chi connectivity index (χ1v) is 10.8. The van der Waals surface area contributed by atoms with Crippen molar-refractivity contribution in [1.29, 1.82) is 0 Å². The van der Waals surface area contributed by atoms with Crippen LogP contribution >= 0.6 is 0 Å². The second-order valence-electron chi connectivity index (χ2n) is 8.64. The Hall–Kier alpha value is -3.69. The normalized spacial score (nSPS) is 26.9. The molecule has 8 nitrogen and oxygen atoms in total. The largest absolute Gasteiger partial charge is 0.497 e. The minimum atomic E-state index is -1.71. The van der Waals surface area contributed by atoms with Crippen LogP contribution in [0.3, 0.4) is 0 Å². The molecule has 5 rings (SSSR count). The molecule has 34 heavy (non-hydrogen) atoms. The summed E-state index contributed by atoms with van der Waals surface area (Å²) in [6.07, 6.45) is 0. The Bertz CT molecular complexity index is 1230. The number of amides is 2. The number of hydrogen-bond acceptors (Lipinski definition) is 6.